The molecular weight excluding hydrogens is 330 g/mol. The van der Waals surface area contributed by atoms with Crippen LogP contribution in [0.15, 0.2) is 24.3 Å². The molecule has 0 bridgehead atoms. The van der Waals surface area contributed by atoms with Gasteiger partial charge in [-0.2, -0.15) is 0 Å². The number of likely N-dealkylation sites (N-methyl/N-ethyl adjacent to an activating group) is 1. The lowest BCUT2D eigenvalue weighted by Crippen LogP contribution is -2.46. The van der Waals surface area contributed by atoms with Gasteiger partial charge in [-0.3, -0.25) is 4.79 Å². The Morgan fingerprint density at radius 2 is 2.04 bits per heavy atom. The van der Waals surface area contributed by atoms with E-state index in [1.165, 1.54) is 0 Å². The fourth-order valence-corrected chi connectivity index (χ4v) is 4.37. The van der Waals surface area contributed by atoms with E-state index in [1.54, 1.807) is 0 Å². The minimum absolute atomic E-state index is 0.159. The van der Waals surface area contributed by atoms with Crippen LogP contribution >= 0.6 is 0 Å². The van der Waals surface area contributed by atoms with Gasteiger partial charge in [0.2, 0.25) is 5.91 Å². The summed E-state index contributed by atoms with van der Waals surface area (Å²) in [7, 11) is 4.04. The molecule has 3 rings (SSSR count). The zero-order chi connectivity index (χ0) is 18.7. The number of ether oxygens (including phenoxy) is 1. The molecule has 1 saturated heterocycles. The molecule has 0 aromatic heterocycles. The Hall–Kier alpha value is -1.63. The van der Waals surface area contributed by atoms with Crippen molar-refractivity contribution >= 4 is 5.91 Å². The number of aliphatic hydroxyl groups is 1. The second-order valence-electron chi connectivity index (χ2n) is 7.85. The third kappa shape index (κ3) is 4.37. The first-order chi connectivity index (χ1) is 12.5. The second-order valence-corrected chi connectivity index (χ2v) is 7.85. The summed E-state index contributed by atoms with van der Waals surface area (Å²) >= 11 is 0. The van der Waals surface area contributed by atoms with Gasteiger partial charge in [-0.05, 0) is 56.5 Å². The number of nitrogens with two attached hydrogens (primary N) is 1. The van der Waals surface area contributed by atoms with Crippen LogP contribution in [0.5, 0.6) is 5.75 Å². The summed E-state index contributed by atoms with van der Waals surface area (Å²) in [5.41, 5.74) is 6.43. The summed E-state index contributed by atoms with van der Waals surface area (Å²) in [6.45, 7) is 2.52. The van der Waals surface area contributed by atoms with Crippen molar-refractivity contribution in [1.29, 1.82) is 0 Å². The minimum Gasteiger partial charge on any atom is -0.492 e. The second kappa shape index (κ2) is 8.37. The van der Waals surface area contributed by atoms with E-state index in [0.717, 1.165) is 37.2 Å². The summed E-state index contributed by atoms with van der Waals surface area (Å²) in [5, 5.41) is 10.4. The van der Waals surface area contributed by atoms with Crippen LogP contribution in [-0.2, 0) is 11.2 Å². The Morgan fingerprint density at radius 3 is 2.73 bits per heavy atom. The molecule has 3 N–H and O–H groups in total. The SMILES string of the molecule is CN(C)[C@@H]1C[C@@H]2CN(C(=O)Cc3cccc(OCCN)c3)C[C@@H]2C[C@H]1O. The molecule has 1 aromatic carbocycles. The number of fused-ring (bicyclic) bond motifs is 1. The molecule has 2 aliphatic rings. The van der Waals surface area contributed by atoms with E-state index < -0.39 is 0 Å². The van der Waals surface area contributed by atoms with Gasteiger partial charge in [0.25, 0.3) is 0 Å². The molecule has 6 nitrogen and oxygen atoms in total. The first-order valence-corrected chi connectivity index (χ1v) is 9.52. The van der Waals surface area contributed by atoms with Crippen LogP contribution in [0.25, 0.3) is 0 Å². The smallest absolute Gasteiger partial charge is 0.227 e. The molecule has 0 radical (unpaired) electrons. The van der Waals surface area contributed by atoms with Gasteiger partial charge in [0, 0.05) is 25.7 Å². The quantitative estimate of drug-likeness (QED) is 0.781. The van der Waals surface area contributed by atoms with Crippen molar-refractivity contribution in [3.05, 3.63) is 29.8 Å². The summed E-state index contributed by atoms with van der Waals surface area (Å²) in [6.07, 6.45) is 1.85. The first-order valence-electron chi connectivity index (χ1n) is 9.52. The van der Waals surface area contributed by atoms with E-state index >= 15 is 0 Å². The van der Waals surface area contributed by atoms with E-state index in [2.05, 4.69) is 4.90 Å². The lowest BCUT2D eigenvalue weighted by Gasteiger charge is -2.38. The van der Waals surface area contributed by atoms with Crippen LogP contribution in [0.3, 0.4) is 0 Å². The van der Waals surface area contributed by atoms with Crippen molar-refractivity contribution < 1.29 is 14.6 Å². The summed E-state index contributed by atoms with van der Waals surface area (Å²) in [6, 6.07) is 7.88. The van der Waals surface area contributed by atoms with Gasteiger partial charge < -0.3 is 25.4 Å². The van der Waals surface area contributed by atoms with Crippen LogP contribution in [0, 0.1) is 11.8 Å². The molecule has 4 atom stereocenters. The highest BCUT2D eigenvalue weighted by molar-refractivity contribution is 5.79. The molecule has 1 aliphatic heterocycles. The van der Waals surface area contributed by atoms with Crippen molar-refractivity contribution in [3.8, 4) is 5.75 Å². The van der Waals surface area contributed by atoms with Crippen LogP contribution in [0.4, 0.5) is 0 Å². The normalized spacial score (nSPS) is 28.3. The molecular formula is C20H31N3O3. The van der Waals surface area contributed by atoms with Gasteiger partial charge >= 0.3 is 0 Å². The van der Waals surface area contributed by atoms with E-state index in [4.69, 9.17) is 10.5 Å². The van der Waals surface area contributed by atoms with Gasteiger partial charge in [0.1, 0.15) is 12.4 Å². The molecule has 2 fully saturated rings. The van der Waals surface area contributed by atoms with Gasteiger partial charge in [0.15, 0.2) is 0 Å². The van der Waals surface area contributed by atoms with Gasteiger partial charge in [-0.1, -0.05) is 12.1 Å². The number of hydrogen-bond acceptors (Lipinski definition) is 5. The molecule has 1 saturated carbocycles. The lowest BCUT2D eigenvalue weighted by atomic mass is 9.77. The Balaban J connectivity index is 1.58. The lowest BCUT2D eigenvalue weighted by molar-refractivity contribution is -0.129. The highest BCUT2D eigenvalue weighted by Gasteiger charge is 2.43. The van der Waals surface area contributed by atoms with Crippen molar-refractivity contribution in [2.45, 2.75) is 31.4 Å². The number of aliphatic hydroxyl groups excluding tert-OH is 1. The largest absolute Gasteiger partial charge is 0.492 e. The van der Waals surface area contributed by atoms with Crippen LogP contribution in [-0.4, -0.2) is 73.3 Å². The van der Waals surface area contributed by atoms with E-state index in [-0.39, 0.29) is 18.1 Å². The van der Waals surface area contributed by atoms with Crippen molar-refractivity contribution in [3.63, 3.8) is 0 Å². The zero-order valence-electron chi connectivity index (χ0n) is 15.8. The predicted octanol–water partition coefficient (Wildman–Crippen LogP) is 0.726. The average molecular weight is 361 g/mol. The molecule has 0 spiro atoms. The molecule has 0 unspecified atom stereocenters. The highest BCUT2D eigenvalue weighted by Crippen LogP contribution is 2.38. The Kier molecular flexibility index (Phi) is 6.16. The molecule has 144 valence electrons. The number of likely N-dealkylation sites (tertiary alicyclic amines) is 1. The molecule has 1 aromatic rings. The maximum Gasteiger partial charge on any atom is 0.227 e. The summed E-state index contributed by atoms with van der Waals surface area (Å²) in [4.78, 5) is 16.9. The number of nitrogens with zero attached hydrogens (tertiary/aromatic N) is 2. The van der Waals surface area contributed by atoms with Crippen LogP contribution < -0.4 is 10.5 Å². The summed E-state index contributed by atoms with van der Waals surface area (Å²) < 4.78 is 5.54. The maximum atomic E-state index is 12.8. The van der Waals surface area contributed by atoms with E-state index in [1.807, 2.05) is 43.3 Å². The molecule has 1 amide bonds. The number of rotatable bonds is 6. The zero-order valence-corrected chi connectivity index (χ0v) is 15.8. The van der Waals surface area contributed by atoms with Crippen LogP contribution in [0.1, 0.15) is 18.4 Å². The van der Waals surface area contributed by atoms with Crippen molar-refractivity contribution in [2.75, 3.05) is 40.3 Å². The van der Waals surface area contributed by atoms with Crippen LogP contribution in [0.2, 0.25) is 0 Å². The number of carbonyl (C=O) groups excluding carboxylic acids is 1. The van der Waals surface area contributed by atoms with Gasteiger partial charge in [-0.15, -0.1) is 0 Å². The van der Waals surface area contributed by atoms with Gasteiger partial charge in [0.05, 0.1) is 12.5 Å². The highest BCUT2D eigenvalue weighted by atomic mass is 16.5. The molecule has 26 heavy (non-hydrogen) atoms. The van der Waals surface area contributed by atoms with Gasteiger partial charge in [-0.25, -0.2) is 0 Å². The number of benzene rings is 1. The monoisotopic (exact) mass is 361 g/mol. The molecule has 1 heterocycles. The first kappa shape index (κ1) is 19.1. The van der Waals surface area contributed by atoms with Crippen molar-refractivity contribution in [1.82, 2.24) is 9.80 Å². The standard InChI is InChI=1S/C20H31N3O3/c1-22(2)18-10-15-12-23(13-16(15)11-19(18)24)20(25)9-14-4-3-5-17(8-14)26-7-6-21/h3-5,8,15-16,18-19,24H,6-7,9-13,21H2,1-2H3/t15-,16+,18-,19-/m1/s1. The number of carbonyl (C=O) groups is 1. The Morgan fingerprint density at radius 1 is 1.31 bits per heavy atom. The third-order valence-corrected chi connectivity index (χ3v) is 5.77. The average Bonchev–Trinajstić information content (AvgIpc) is 3.02. The minimum atomic E-state index is -0.294. The predicted molar refractivity (Wildman–Crippen MR) is 101 cm³/mol. The number of hydrogen-bond donors (Lipinski definition) is 2. The fraction of sp³-hybridized carbons (Fsp3) is 0.650. The van der Waals surface area contributed by atoms with Crippen molar-refractivity contribution in [2.24, 2.45) is 17.6 Å². The summed E-state index contributed by atoms with van der Waals surface area (Å²) in [5.74, 6) is 1.83. The molecule has 1 aliphatic carbocycles. The Bertz CT molecular complexity index is 622. The Labute approximate surface area is 155 Å². The fourth-order valence-electron chi connectivity index (χ4n) is 4.37. The van der Waals surface area contributed by atoms with E-state index in [9.17, 15) is 9.90 Å². The third-order valence-electron chi connectivity index (χ3n) is 5.77. The molecule has 6 heteroatoms. The topological polar surface area (TPSA) is 79.0 Å². The van der Waals surface area contributed by atoms with E-state index in [0.29, 0.717) is 31.4 Å². The maximum absolute atomic E-state index is 12.8. The number of amides is 1.